The molecule has 0 fully saturated rings. The summed E-state index contributed by atoms with van der Waals surface area (Å²) in [5, 5.41) is 23.6. The molecule has 3 atom stereocenters. The molecule has 0 aliphatic carbocycles. The van der Waals surface area contributed by atoms with Gasteiger partial charge in [0.25, 0.3) is 0 Å². The van der Waals surface area contributed by atoms with Gasteiger partial charge < -0.3 is 20.3 Å². The highest BCUT2D eigenvalue weighted by Gasteiger charge is 2.24. The van der Waals surface area contributed by atoms with Crippen molar-refractivity contribution >= 4 is 11.9 Å². The Labute approximate surface area is 351 Å². The number of hydrogen-bond donors (Lipinski definition) is 3. The second-order valence-electron chi connectivity index (χ2n) is 15.9. The highest BCUT2D eigenvalue weighted by molar-refractivity contribution is 5.77. The van der Waals surface area contributed by atoms with Gasteiger partial charge >= 0.3 is 5.97 Å². The minimum absolute atomic E-state index is 0.0406. The normalized spacial score (nSPS) is 14.0. The summed E-state index contributed by atoms with van der Waals surface area (Å²) in [7, 11) is 0. The number of allylic oxidation sites excluding steroid dienone is 12. The molecule has 0 spiro atoms. The molecule has 3 unspecified atom stereocenters. The molecule has 0 aliphatic heterocycles. The van der Waals surface area contributed by atoms with Crippen LogP contribution in [0.3, 0.4) is 0 Å². The van der Waals surface area contributed by atoms with Crippen LogP contribution >= 0.6 is 0 Å². The van der Waals surface area contributed by atoms with Gasteiger partial charge in [0.15, 0.2) is 0 Å². The molecular weight excluding hydrogens is 707 g/mol. The molecule has 0 aliphatic rings. The Morgan fingerprint density at radius 1 is 0.526 bits per heavy atom. The van der Waals surface area contributed by atoms with Crippen LogP contribution in [0.4, 0.5) is 0 Å². The summed E-state index contributed by atoms with van der Waals surface area (Å²) in [6, 6.07) is -0.719. The van der Waals surface area contributed by atoms with Gasteiger partial charge in [-0.2, -0.15) is 0 Å². The predicted octanol–water partition coefficient (Wildman–Crippen LogP) is 13.8. The van der Waals surface area contributed by atoms with Crippen LogP contribution in [0.5, 0.6) is 0 Å². The summed E-state index contributed by atoms with van der Waals surface area (Å²) >= 11 is 0. The Bertz CT molecular complexity index is 1070. The topological polar surface area (TPSA) is 95.9 Å². The lowest BCUT2D eigenvalue weighted by atomic mass is 10.0. The van der Waals surface area contributed by atoms with E-state index in [9.17, 15) is 19.8 Å². The number of aliphatic hydroxyl groups is 2. The molecule has 0 aromatic rings. The molecule has 3 N–H and O–H groups in total. The molecule has 0 saturated carbocycles. The van der Waals surface area contributed by atoms with Gasteiger partial charge in [0.05, 0.1) is 25.2 Å². The third-order valence-electron chi connectivity index (χ3n) is 10.4. The van der Waals surface area contributed by atoms with Crippen molar-refractivity contribution in [3.63, 3.8) is 0 Å². The number of nitrogens with one attached hydrogen (secondary N) is 1. The fourth-order valence-electron chi connectivity index (χ4n) is 6.81. The minimum atomic E-state index is -0.803. The summed E-state index contributed by atoms with van der Waals surface area (Å²) in [4.78, 5) is 26.0. The van der Waals surface area contributed by atoms with Crippen LogP contribution in [0, 0.1) is 0 Å². The Morgan fingerprint density at radius 2 is 0.965 bits per heavy atom. The van der Waals surface area contributed by atoms with E-state index in [1.165, 1.54) is 103 Å². The van der Waals surface area contributed by atoms with Crippen LogP contribution < -0.4 is 5.32 Å². The van der Waals surface area contributed by atoms with Gasteiger partial charge in [-0.15, -0.1) is 0 Å². The molecular formula is C51H89NO5. The summed E-state index contributed by atoms with van der Waals surface area (Å²) in [6.07, 6.45) is 55.3. The van der Waals surface area contributed by atoms with E-state index < -0.39 is 18.2 Å². The number of carbonyl (C=O) groups is 2. The number of aliphatic hydroxyl groups excluding tert-OH is 2. The maximum atomic E-state index is 13.1. The molecule has 0 aromatic carbocycles. The van der Waals surface area contributed by atoms with E-state index in [0.717, 1.165) is 57.8 Å². The second-order valence-corrected chi connectivity index (χ2v) is 15.9. The molecule has 0 heterocycles. The SMILES string of the molecule is CC/C=C/C=C/C=C\C=C/C=C/CCCC(=O)OC(CCCCCCC/C=C/CCCCCCCC)CC(=O)NC(CO)C(O)CCCCCCCCCCCC. The third-order valence-corrected chi connectivity index (χ3v) is 10.4. The zero-order valence-electron chi connectivity index (χ0n) is 37.2. The van der Waals surface area contributed by atoms with Crippen LogP contribution in [0.25, 0.3) is 0 Å². The number of rotatable bonds is 41. The predicted molar refractivity (Wildman–Crippen MR) is 245 cm³/mol. The standard InChI is InChI=1S/C51H89NO5/c1-4-7-10-13-16-19-22-24-25-27-28-30-33-36-39-42-47(57-51(56)44-41-38-35-32-29-26-23-20-17-14-11-8-5-2)45-50(55)52-48(46-53)49(54)43-40-37-34-31-21-18-15-12-9-6-3/h8,11,14,17,20,23-26,29,32,35,47-49,53-54H,4-7,9-10,12-13,15-16,18-19,21-22,27-28,30-31,33-34,36-46H2,1-3H3,(H,52,55)/b11-8+,17-14+,23-20-,25-24+,29-26-,35-32+. The Hall–Kier alpha value is -2.70. The molecule has 57 heavy (non-hydrogen) atoms. The highest BCUT2D eigenvalue weighted by atomic mass is 16.5. The fraction of sp³-hybridized carbons (Fsp3) is 0.725. The van der Waals surface area contributed by atoms with Crippen molar-refractivity contribution in [1.82, 2.24) is 5.32 Å². The van der Waals surface area contributed by atoms with E-state index in [2.05, 4.69) is 44.3 Å². The number of hydrogen-bond acceptors (Lipinski definition) is 5. The molecule has 0 bridgehead atoms. The molecule has 0 saturated heterocycles. The van der Waals surface area contributed by atoms with Gasteiger partial charge in [-0.05, 0) is 64.2 Å². The third kappa shape index (κ3) is 39.9. The van der Waals surface area contributed by atoms with Crippen LogP contribution in [-0.2, 0) is 14.3 Å². The van der Waals surface area contributed by atoms with Crippen molar-refractivity contribution in [3.05, 3.63) is 72.9 Å². The molecule has 0 rings (SSSR count). The van der Waals surface area contributed by atoms with Crippen molar-refractivity contribution < 1.29 is 24.5 Å². The van der Waals surface area contributed by atoms with E-state index in [4.69, 9.17) is 4.74 Å². The fourth-order valence-corrected chi connectivity index (χ4v) is 6.81. The molecule has 6 nitrogen and oxygen atoms in total. The van der Waals surface area contributed by atoms with Gasteiger partial charge in [-0.3, -0.25) is 9.59 Å². The first-order valence-electron chi connectivity index (χ1n) is 23.7. The van der Waals surface area contributed by atoms with Crippen LogP contribution in [0.2, 0.25) is 0 Å². The number of carbonyl (C=O) groups excluding carboxylic acids is 2. The van der Waals surface area contributed by atoms with E-state index >= 15 is 0 Å². The lowest BCUT2D eigenvalue weighted by Gasteiger charge is -2.24. The van der Waals surface area contributed by atoms with Gasteiger partial charge in [0.1, 0.15) is 6.10 Å². The summed E-state index contributed by atoms with van der Waals surface area (Å²) in [6.45, 7) is 6.29. The van der Waals surface area contributed by atoms with E-state index in [-0.39, 0.29) is 24.9 Å². The number of ether oxygens (including phenoxy) is 1. The van der Waals surface area contributed by atoms with Crippen LogP contribution in [0.1, 0.15) is 213 Å². The first-order valence-corrected chi connectivity index (χ1v) is 23.7. The lowest BCUT2D eigenvalue weighted by Crippen LogP contribution is -2.46. The maximum Gasteiger partial charge on any atom is 0.306 e. The molecule has 1 amide bonds. The van der Waals surface area contributed by atoms with Crippen molar-refractivity contribution in [3.8, 4) is 0 Å². The van der Waals surface area contributed by atoms with Crippen LogP contribution in [0.15, 0.2) is 72.9 Å². The average Bonchev–Trinajstić information content (AvgIpc) is 3.20. The molecule has 0 aromatic heterocycles. The zero-order valence-corrected chi connectivity index (χ0v) is 37.2. The first-order chi connectivity index (χ1) is 28.0. The zero-order chi connectivity index (χ0) is 41.7. The monoisotopic (exact) mass is 796 g/mol. The second kappa shape index (κ2) is 44.4. The van der Waals surface area contributed by atoms with Gasteiger partial charge in [-0.1, -0.05) is 209 Å². The minimum Gasteiger partial charge on any atom is -0.462 e. The van der Waals surface area contributed by atoms with Crippen molar-refractivity contribution in [2.24, 2.45) is 0 Å². The molecule has 328 valence electrons. The average molecular weight is 796 g/mol. The van der Waals surface area contributed by atoms with Gasteiger partial charge in [0.2, 0.25) is 5.91 Å². The Morgan fingerprint density at radius 3 is 1.47 bits per heavy atom. The Balaban J connectivity index is 4.74. The van der Waals surface area contributed by atoms with Gasteiger partial charge in [0, 0.05) is 6.42 Å². The maximum absolute atomic E-state index is 13.1. The first kappa shape index (κ1) is 54.3. The van der Waals surface area contributed by atoms with Crippen molar-refractivity contribution in [1.29, 1.82) is 0 Å². The number of esters is 1. The van der Waals surface area contributed by atoms with E-state index in [1.54, 1.807) is 0 Å². The number of unbranched alkanes of at least 4 members (excludes halogenated alkanes) is 21. The van der Waals surface area contributed by atoms with E-state index in [1.807, 2.05) is 54.7 Å². The smallest absolute Gasteiger partial charge is 0.306 e. The summed E-state index contributed by atoms with van der Waals surface area (Å²) in [5.74, 6) is -0.575. The highest BCUT2D eigenvalue weighted by Crippen LogP contribution is 2.17. The van der Waals surface area contributed by atoms with Crippen LogP contribution in [-0.4, -0.2) is 46.9 Å². The molecule has 6 heteroatoms. The quantitative estimate of drug-likeness (QED) is 0.0248. The van der Waals surface area contributed by atoms with E-state index in [0.29, 0.717) is 25.7 Å². The van der Waals surface area contributed by atoms with Crippen molar-refractivity contribution in [2.75, 3.05) is 6.61 Å². The molecule has 0 radical (unpaired) electrons. The largest absolute Gasteiger partial charge is 0.462 e. The van der Waals surface area contributed by atoms with Crippen molar-refractivity contribution in [2.45, 2.75) is 232 Å². The van der Waals surface area contributed by atoms with Gasteiger partial charge in [-0.25, -0.2) is 0 Å². The summed E-state index contributed by atoms with van der Waals surface area (Å²) in [5.41, 5.74) is 0. The number of amides is 1. The lowest BCUT2D eigenvalue weighted by molar-refractivity contribution is -0.151. The summed E-state index contributed by atoms with van der Waals surface area (Å²) < 4.78 is 5.87. The Kier molecular flexibility index (Phi) is 42.3.